The van der Waals surface area contributed by atoms with Crippen molar-refractivity contribution >= 4 is 88.5 Å². The summed E-state index contributed by atoms with van der Waals surface area (Å²) in [6, 6.07) is 139. The number of aromatic nitrogens is 4. The zero-order valence-corrected chi connectivity index (χ0v) is 64.5. The molecule has 2 N–H and O–H groups in total. The van der Waals surface area contributed by atoms with Crippen molar-refractivity contribution in [2.45, 2.75) is 6.92 Å². The number of benzene rings is 18. The average molecular weight is 1510 g/mol. The number of hydrogen-bond acceptors (Lipinski definition) is 4. The first kappa shape index (κ1) is 69.6. The van der Waals surface area contributed by atoms with Crippen molar-refractivity contribution in [3.63, 3.8) is 0 Å². The molecule has 4 aromatic heterocycles. The highest BCUT2D eigenvalue weighted by Gasteiger charge is 2.34. The van der Waals surface area contributed by atoms with Gasteiger partial charge in [-0.25, -0.2) is 9.97 Å². The number of fused-ring (bicyclic) bond motifs is 12. The van der Waals surface area contributed by atoms with Gasteiger partial charge in [-0.1, -0.05) is 351 Å². The Hall–Kier alpha value is -15.1. The van der Waals surface area contributed by atoms with Gasteiger partial charge in [-0.05, 0) is 242 Å². The van der Waals surface area contributed by atoms with Gasteiger partial charge >= 0.3 is 7.12 Å². The summed E-state index contributed by atoms with van der Waals surface area (Å²) in [4.78, 5) is 9.51. The number of aryl methyl sites for hydroxylation is 1. The molecule has 552 valence electrons. The molecule has 118 heavy (non-hydrogen) atoms. The Morgan fingerprint density at radius 1 is 0.229 bits per heavy atom. The van der Waals surface area contributed by atoms with Crippen molar-refractivity contribution in [2.24, 2.45) is 0 Å². The highest BCUT2D eigenvalue weighted by atomic mass is 16.4. The van der Waals surface area contributed by atoms with E-state index in [-0.39, 0.29) is 0 Å². The maximum atomic E-state index is 10.1. The Morgan fingerprint density at radius 2 is 0.551 bits per heavy atom. The second-order valence-electron chi connectivity index (χ2n) is 30.9. The van der Waals surface area contributed by atoms with Gasteiger partial charge in [0.05, 0.1) is 11.4 Å². The quantitative estimate of drug-likeness (QED) is 0.134. The molecule has 0 saturated carbocycles. The number of imidazole rings is 2. The molecular weight excluding hydrogens is 1430 g/mol. The molecule has 22 aromatic rings. The van der Waals surface area contributed by atoms with E-state index in [4.69, 9.17) is 9.97 Å². The molecule has 2 aliphatic rings. The normalized spacial score (nSPS) is 11.7. The van der Waals surface area contributed by atoms with E-state index in [0.717, 1.165) is 55.7 Å². The lowest BCUT2D eigenvalue weighted by molar-refractivity contribution is 0.426. The summed E-state index contributed by atoms with van der Waals surface area (Å²) < 4.78 is 4.11. The summed E-state index contributed by atoms with van der Waals surface area (Å²) >= 11 is 0. The van der Waals surface area contributed by atoms with Crippen molar-refractivity contribution in [3.05, 3.63) is 419 Å². The lowest BCUT2D eigenvalue weighted by atomic mass is 9.76. The molecule has 24 rings (SSSR count). The smallest absolute Gasteiger partial charge is 0.423 e. The molecule has 7 heteroatoms. The van der Waals surface area contributed by atoms with E-state index in [1.165, 1.54) is 171 Å². The molecule has 6 nitrogen and oxygen atoms in total. The third-order valence-electron chi connectivity index (χ3n) is 24.1. The minimum Gasteiger partial charge on any atom is -0.423 e. The van der Waals surface area contributed by atoms with Crippen LogP contribution in [0.25, 0.3) is 221 Å². The van der Waals surface area contributed by atoms with Crippen LogP contribution in [0.15, 0.2) is 413 Å². The van der Waals surface area contributed by atoms with Crippen molar-refractivity contribution < 1.29 is 10.0 Å². The largest absolute Gasteiger partial charge is 0.489 e. The van der Waals surface area contributed by atoms with Gasteiger partial charge < -0.3 is 18.8 Å². The number of nitrogens with zero attached hydrogens (tertiary/aromatic N) is 4. The highest BCUT2D eigenvalue weighted by molar-refractivity contribution is 6.62. The molecular formula is C111H73BN4O2. The number of rotatable bonds is 10. The first-order valence-corrected chi connectivity index (χ1v) is 40.3. The van der Waals surface area contributed by atoms with Gasteiger partial charge in [0.1, 0.15) is 11.3 Å². The van der Waals surface area contributed by atoms with Crippen molar-refractivity contribution in [3.8, 4) is 145 Å². The maximum Gasteiger partial charge on any atom is 0.489 e. The minimum absolute atomic E-state index is 0.533. The molecule has 0 atom stereocenters. The second-order valence-corrected chi connectivity index (χ2v) is 30.9. The zero-order valence-electron chi connectivity index (χ0n) is 64.5. The van der Waals surface area contributed by atoms with Gasteiger partial charge in [-0.15, -0.1) is 0 Å². The molecule has 0 amide bonds. The minimum atomic E-state index is -1.52. The fraction of sp³-hybridized carbons (Fsp3) is 0.00901. The molecule has 0 radical (unpaired) electrons. The molecule has 0 unspecified atom stereocenters. The molecule has 0 spiro atoms. The van der Waals surface area contributed by atoms with Crippen LogP contribution < -0.4 is 5.46 Å². The summed E-state index contributed by atoms with van der Waals surface area (Å²) in [5.41, 5.74) is 35.1. The van der Waals surface area contributed by atoms with Crippen LogP contribution in [-0.4, -0.2) is 35.9 Å². The van der Waals surface area contributed by atoms with Gasteiger partial charge in [0, 0.05) is 35.9 Å². The molecule has 0 fully saturated rings. The van der Waals surface area contributed by atoms with E-state index in [0.29, 0.717) is 5.46 Å². The van der Waals surface area contributed by atoms with E-state index in [2.05, 4.69) is 362 Å². The SMILES string of the molecule is Cc1ccc2cc(-c3ccc(-c4cn5ccccc5n4)cc3)ccc2c1.OB(O)c1ccc2c3c(cccc13)-c1c-2c(-c2ccccc2)c2ccccc2c1-c1ccccc1.c1ccc(-c2c3c(c(-c4ccccc4)c4ccccc24)-c2ccc(-c4ccc5cc(-c6ccc(-c7cn8ccccc8n7)cc6)ccc5c4)c4cccc-3c24)cc1. The fourth-order valence-corrected chi connectivity index (χ4v) is 18.7. The summed E-state index contributed by atoms with van der Waals surface area (Å²) in [6.45, 7) is 2.13. The van der Waals surface area contributed by atoms with Gasteiger partial charge in [0.2, 0.25) is 0 Å². The Labute approximate surface area is 683 Å². The highest BCUT2D eigenvalue weighted by Crippen LogP contribution is 2.60. The van der Waals surface area contributed by atoms with E-state index < -0.39 is 7.12 Å². The van der Waals surface area contributed by atoms with E-state index >= 15 is 0 Å². The lowest BCUT2D eigenvalue weighted by Gasteiger charge is -2.20. The number of pyridine rings is 2. The van der Waals surface area contributed by atoms with Crippen LogP contribution in [0, 0.1) is 6.92 Å². The van der Waals surface area contributed by atoms with Crippen LogP contribution in [0.2, 0.25) is 0 Å². The summed E-state index contributed by atoms with van der Waals surface area (Å²) in [5.74, 6) is 0. The summed E-state index contributed by atoms with van der Waals surface area (Å²) in [6.07, 6.45) is 8.22. The van der Waals surface area contributed by atoms with Crippen LogP contribution in [-0.2, 0) is 0 Å². The van der Waals surface area contributed by atoms with Gasteiger partial charge in [0.15, 0.2) is 0 Å². The van der Waals surface area contributed by atoms with Gasteiger partial charge in [0.25, 0.3) is 0 Å². The van der Waals surface area contributed by atoms with Crippen molar-refractivity contribution in [2.75, 3.05) is 0 Å². The first-order chi connectivity index (χ1) is 58.3. The van der Waals surface area contributed by atoms with Crippen LogP contribution >= 0.6 is 0 Å². The molecule has 18 aromatic carbocycles. The van der Waals surface area contributed by atoms with Gasteiger partial charge in [-0.2, -0.15) is 0 Å². The zero-order chi connectivity index (χ0) is 78.5. The monoisotopic (exact) mass is 1500 g/mol. The standard InChI is InChI=1S/C55H34N2.C32H21BO2.C24H18N2/c1-3-12-37(13-4-1)51-45-16-7-8-17-46(45)52(38-14-5-2-6-15-38)55-48-30-29-43(44-18-11-19-47(53(44)48)54(51)55)42-28-27-40-32-39(25-26-41(40)33-42)35-21-23-36(24-22-35)49-34-57-31-10-9-20-50(57)56-49;34-33(35)27-19-18-26-30-24(27)16-9-17-25(30)31-28(20-10-3-1-4-11-20)22-14-7-8-15-23(22)29(32(26)31)21-12-5-2-6-13-21;1-17-5-6-22-15-21(12-11-20(22)14-17)18-7-9-19(10-8-18)23-16-26-13-3-2-4-24(26)25-23/h1-34H;1-19,34-35H;2-16H,1H3. The Morgan fingerprint density at radius 3 is 0.975 bits per heavy atom. The van der Waals surface area contributed by atoms with Gasteiger partial charge in [-0.3, -0.25) is 0 Å². The first-order valence-electron chi connectivity index (χ1n) is 40.3. The van der Waals surface area contributed by atoms with E-state index in [9.17, 15) is 10.0 Å². The number of hydrogen-bond donors (Lipinski definition) is 2. The fourth-order valence-electron chi connectivity index (χ4n) is 18.7. The predicted octanol–water partition coefficient (Wildman–Crippen LogP) is 27.6. The summed E-state index contributed by atoms with van der Waals surface area (Å²) in [7, 11) is -1.52. The third kappa shape index (κ3) is 11.9. The third-order valence-corrected chi connectivity index (χ3v) is 24.1. The second kappa shape index (κ2) is 28.8. The topological polar surface area (TPSA) is 75.1 Å². The van der Waals surface area contributed by atoms with E-state index in [1.54, 1.807) is 0 Å². The Balaban J connectivity index is 0.000000117. The maximum absolute atomic E-state index is 10.1. The molecule has 0 saturated heterocycles. The molecule has 0 aliphatic heterocycles. The van der Waals surface area contributed by atoms with E-state index in [1.807, 2.05) is 67.0 Å². The van der Waals surface area contributed by atoms with Crippen LogP contribution in [0.5, 0.6) is 0 Å². The molecule has 4 heterocycles. The lowest BCUT2D eigenvalue weighted by Crippen LogP contribution is -2.30. The average Bonchev–Trinajstić information content (AvgIpc) is 1.54. The Kier molecular flexibility index (Phi) is 17.0. The molecule has 2 aliphatic carbocycles. The van der Waals surface area contributed by atoms with Crippen LogP contribution in [0.4, 0.5) is 0 Å². The van der Waals surface area contributed by atoms with Crippen molar-refractivity contribution in [1.82, 2.24) is 18.8 Å². The Bertz CT molecular complexity index is 7500. The predicted molar refractivity (Wildman–Crippen MR) is 494 cm³/mol. The van der Waals surface area contributed by atoms with Crippen LogP contribution in [0.3, 0.4) is 0 Å². The molecule has 0 bridgehead atoms. The van der Waals surface area contributed by atoms with Crippen LogP contribution in [0.1, 0.15) is 5.56 Å². The summed E-state index contributed by atoms with van der Waals surface area (Å²) in [5, 5.41) is 34.8. The van der Waals surface area contributed by atoms with Crippen molar-refractivity contribution in [1.29, 1.82) is 0 Å².